The van der Waals surface area contributed by atoms with E-state index >= 15 is 0 Å². The third kappa shape index (κ3) is 4.52. The van der Waals surface area contributed by atoms with E-state index in [0.717, 1.165) is 23.5 Å². The summed E-state index contributed by atoms with van der Waals surface area (Å²) in [7, 11) is 0. The summed E-state index contributed by atoms with van der Waals surface area (Å²) >= 11 is 0. The first-order chi connectivity index (χ1) is 20.8. The number of nitrogens with zero attached hydrogens (tertiary/aromatic N) is 1. The number of benzene rings is 6. The summed E-state index contributed by atoms with van der Waals surface area (Å²) in [5.74, 6) is 0.888. The molecule has 3 N–H and O–H groups in total. The van der Waals surface area contributed by atoms with Gasteiger partial charge in [0.1, 0.15) is 18.2 Å². The van der Waals surface area contributed by atoms with Crippen molar-refractivity contribution in [3.63, 3.8) is 0 Å². The predicted octanol–water partition coefficient (Wildman–Crippen LogP) is 5.87. The van der Waals surface area contributed by atoms with Crippen molar-refractivity contribution in [3.05, 3.63) is 166 Å². The fourth-order valence-corrected chi connectivity index (χ4v) is 6.12. The SMILES string of the molecule is C1=c2ccccc2=C(c2ccc(C3N=C(c4ccc5ccccc5c4)NC(c4ccc5ccccc5c4)N3)cc2)NC1. The first kappa shape index (κ1) is 24.6. The number of aliphatic imine (C=N–C) groups is 1. The molecular formula is C38H30N4. The fraction of sp³-hybridized carbons (Fsp3) is 0.0789. The summed E-state index contributed by atoms with van der Waals surface area (Å²) in [5.41, 5.74) is 5.74. The van der Waals surface area contributed by atoms with Crippen molar-refractivity contribution in [2.45, 2.75) is 12.3 Å². The van der Waals surface area contributed by atoms with Gasteiger partial charge in [0.05, 0.1) is 0 Å². The molecular weight excluding hydrogens is 512 g/mol. The van der Waals surface area contributed by atoms with Crippen molar-refractivity contribution in [1.82, 2.24) is 16.0 Å². The topological polar surface area (TPSA) is 48.5 Å². The minimum Gasteiger partial charge on any atom is -0.381 e. The Balaban J connectivity index is 1.19. The highest BCUT2D eigenvalue weighted by atomic mass is 15.3. The van der Waals surface area contributed by atoms with Gasteiger partial charge in [-0.25, -0.2) is 4.99 Å². The van der Waals surface area contributed by atoms with Crippen LogP contribution in [0.4, 0.5) is 0 Å². The van der Waals surface area contributed by atoms with Gasteiger partial charge in [-0.2, -0.15) is 0 Å². The largest absolute Gasteiger partial charge is 0.381 e. The maximum Gasteiger partial charge on any atom is 0.131 e. The molecule has 4 heteroatoms. The van der Waals surface area contributed by atoms with Crippen molar-refractivity contribution >= 4 is 39.2 Å². The molecule has 2 atom stereocenters. The molecule has 0 saturated carbocycles. The molecule has 0 radical (unpaired) electrons. The Labute approximate surface area is 244 Å². The summed E-state index contributed by atoms with van der Waals surface area (Å²) in [6, 6.07) is 47.6. The number of fused-ring (bicyclic) bond motifs is 3. The Morgan fingerprint density at radius 2 is 1.21 bits per heavy atom. The summed E-state index contributed by atoms with van der Waals surface area (Å²) in [5, 5.41) is 18.5. The average molecular weight is 543 g/mol. The van der Waals surface area contributed by atoms with E-state index in [1.165, 1.54) is 48.8 Å². The molecule has 2 unspecified atom stereocenters. The second-order valence-corrected chi connectivity index (χ2v) is 11.0. The summed E-state index contributed by atoms with van der Waals surface area (Å²) in [4.78, 5) is 5.21. The molecule has 0 saturated heterocycles. The van der Waals surface area contributed by atoms with E-state index in [0.29, 0.717) is 0 Å². The van der Waals surface area contributed by atoms with Crippen LogP contribution in [0.3, 0.4) is 0 Å². The molecule has 4 nitrogen and oxygen atoms in total. The lowest BCUT2D eigenvalue weighted by Gasteiger charge is -2.32. The third-order valence-corrected chi connectivity index (χ3v) is 8.34. The van der Waals surface area contributed by atoms with Gasteiger partial charge in [0.2, 0.25) is 0 Å². The molecule has 2 aliphatic rings. The van der Waals surface area contributed by atoms with E-state index in [1.807, 2.05) is 0 Å². The number of hydrogen-bond acceptors (Lipinski definition) is 4. The van der Waals surface area contributed by atoms with Gasteiger partial charge in [0.25, 0.3) is 0 Å². The molecule has 202 valence electrons. The second-order valence-electron chi connectivity index (χ2n) is 11.0. The minimum absolute atomic E-state index is 0.102. The summed E-state index contributed by atoms with van der Waals surface area (Å²) < 4.78 is 0. The van der Waals surface area contributed by atoms with Crippen molar-refractivity contribution in [1.29, 1.82) is 0 Å². The zero-order valence-electron chi connectivity index (χ0n) is 23.1. The quantitative estimate of drug-likeness (QED) is 0.261. The zero-order chi connectivity index (χ0) is 27.9. The molecule has 2 aliphatic heterocycles. The van der Waals surface area contributed by atoms with Crippen molar-refractivity contribution < 1.29 is 0 Å². The molecule has 0 bridgehead atoms. The van der Waals surface area contributed by atoms with Gasteiger partial charge < -0.3 is 10.6 Å². The predicted molar refractivity (Wildman–Crippen MR) is 173 cm³/mol. The average Bonchev–Trinajstić information content (AvgIpc) is 3.07. The highest BCUT2D eigenvalue weighted by Gasteiger charge is 2.26. The normalized spacial score (nSPS) is 18.0. The van der Waals surface area contributed by atoms with Gasteiger partial charge in [-0.15, -0.1) is 0 Å². The number of nitrogens with one attached hydrogen (secondary N) is 3. The van der Waals surface area contributed by atoms with E-state index in [9.17, 15) is 0 Å². The maximum absolute atomic E-state index is 5.21. The van der Waals surface area contributed by atoms with Crippen LogP contribution in [0.25, 0.3) is 33.3 Å². The first-order valence-corrected chi connectivity index (χ1v) is 14.5. The smallest absolute Gasteiger partial charge is 0.131 e. The highest BCUT2D eigenvalue weighted by molar-refractivity contribution is 6.02. The Morgan fingerprint density at radius 3 is 2.02 bits per heavy atom. The Bertz CT molecular complexity index is 2110. The van der Waals surface area contributed by atoms with Gasteiger partial charge >= 0.3 is 0 Å². The van der Waals surface area contributed by atoms with Crippen LogP contribution in [0, 0.1) is 0 Å². The van der Waals surface area contributed by atoms with Crippen molar-refractivity contribution in [2.75, 3.05) is 6.54 Å². The van der Waals surface area contributed by atoms with Gasteiger partial charge in [-0.1, -0.05) is 127 Å². The van der Waals surface area contributed by atoms with E-state index in [4.69, 9.17) is 4.99 Å². The monoisotopic (exact) mass is 542 g/mol. The van der Waals surface area contributed by atoms with Crippen LogP contribution in [0.5, 0.6) is 0 Å². The highest BCUT2D eigenvalue weighted by Crippen LogP contribution is 2.28. The van der Waals surface area contributed by atoms with Crippen LogP contribution in [0.15, 0.2) is 138 Å². The molecule has 2 heterocycles. The van der Waals surface area contributed by atoms with Crippen molar-refractivity contribution in [3.8, 4) is 0 Å². The van der Waals surface area contributed by atoms with E-state index in [-0.39, 0.29) is 12.3 Å². The lowest BCUT2D eigenvalue weighted by atomic mass is 10.0. The van der Waals surface area contributed by atoms with Gasteiger partial charge in [-0.05, 0) is 55.6 Å². The molecule has 0 fully saturated rings. The molecule has 6 aromatic carbocycles. The molecule has 0 amide bonds. The van der Waals surface area contributed by atoms with Crippen molar-refractivity contribution in [2.24, 2.45) is 4.99 Å². The third-order valence-electron chi connectivity index (χ3n) is 8.34. The number of rotatable bonds is 4. The number of amidine groups is 1. The van der Waals surface area contributed by atoms with Crippen LogP contribution >= 0.6 is 0 Å². The number of hydrogen-bond donors (Lipinski definition) is 3. The summed E-state index contributed by atoms with van der Waals surface area (Å²) in [6.45, 7) is 0.830. The zero-order valence-corrected chi connectivity index (χ0v) is 23.1. The Morgan fingerprint density at radius 1 is 0.571 bits per heavy atom. The fourth-order valence-electron chi connectivity index (χ4n) is 6.12. The molecule has 42 heavy (non-hydrogen) atoms. The molecule has 0 aliphatic carbocycles. The summed E-state index contributed by atoms with van der Waals surface area (Å²) in [6.07, 6.45) is 1.93. The second kappa shape index (κ2) is 10.3. The van der Waals surface area contributed by atoms with E-state index < -0.39 is 0 Å². The van der Waals surface area contributed by atoms with Crippen LogP contribution < -0.4 is 26.4 Å². The van der Waals surface area contributed by atoms with E-state index in [2.05, 4.69) is 155 Å². The molecule has 0 spiro atoms. The van der Waals surface area contributed by atoms with Crippen LogP contribution in [-0.2, 0) is 0 Å². The Kier molecular flexibility index (Phi) is 6.05. The lowest BCUT2D eigenvalue weighted by molar-refractivity contribution is 0.409. The van der Waals surface area contributed by atoms with Gasteiger partial charge in [-0.3, -0.25) is 5.32 Å². The standard InChI is InChI=1S/C38H30N4/c1-3-10-30-23-32(19-13-25(30)7-1)37-40-36(41-38(42-37)33-20-14-26-8-2-4-11-31(26)24-33)29-17-15-28(16-18-29)35-34-12-6-5-9-27(34)21-22-39-35/h1-21,23-24,36-37,39-40H,22H2,(H,41,42). The Hall–Kier alpha value is -5.19. The first-order valence-electron chi connectivity index (χ1n) is 14.5. The minimum atomic E-state index is -0.205. The van der Waals surface area contributed by atoms with Crippen LogP contribution in [0.2, 0.25) is 0 Å². The molecule has 6 aromatic rings. The lowest BCUT2D eigenvalue weighted by Crippen LogP contribution is -2.45. The van der Waals surface area contributed by atoms with Gasteiger partial charge in [0.15, 0.2) is 0 Å². The molecule has 0 aromatic heterocycles. The van der Waals surface area contributed by atoms with Crippen LogP contribution in [-0.4, -0.2) is 12.4 Å². The molecule has 8 rings (SSSR count). The van der Waals surface area contributed by atoms with Gasteiger partial charge in [0, 0.05) is 23.0 Å². The van der Waals surface area contributed by atoms with Crippen LogP contribution in [0.1, 0.15) is 34.6 Å². The van der Waals surface area contributed by atoms with E-state index in [1.54, 1.807) is 0 Å². The maximum atomic E-state index is 5.21.